The highest BCUT2D eigenvalue weighted by Gasteiger charge is 1.90. The third-order valence-electron chi connectivity index (χ3n) is 1.45. The van der Waals surface area contributed by atoms with Gasteiger partial charge in [-0.3, -0.25) is 0 Å². The monoisotopic (exact) mass is 176 g/mol. The summed E-state index contributed by atoms with van der Waals surface area (Å²) in [5, 5.41) is 3.72. The van der Waals surface area contributed by atoms with Crippen molar-refractivity contribution in [1.29, 1.82) is 0 Å². The average molecular weight is 176 g/mol. The minimum Gasteiger partial charge on any atom is -0.391 e. The average Bonchev–Trinajstić information content (AvgIpc) is 2.14. The molecule has 0 aliphatic rings. The molecule has 0 aliphatic heterocycles. The molecule has 0 spiro atoms. The van der Waals surface area contributed by atoms with Crippen molar-refractivity contribution in [3.8, 4) is 0 Å². The van der Waals surface area contributed by atoms with Crippen LogP contribution in [-0.2, 0) is 11.4 Å². The van der Waals surface area contributed by atoms with Crippen molar-refractivity contribution in [2.75, 3.05) is 0 Å². The summed E-state index contributed by atoms with van der Waals surface area (Å²) in [5.74, 6) is 0.316. The van der Waals surface area contributed by atoms with Gasteiger partial charge >= 0.3 is 0 Å². The van der Waals surface area contributed by atoms with Gasteiger partial charge in [-0.25, -0.2) is 0 Å². The third kappa shape index (κ3) is 4.31. The number of hydrogen-bond acceptors (Lipinski definition) is 2. The summed E-state index contributed by atoms with van der Waals surface area (Å²) in [7, 11) is 0. The second-order valence-electron chi connectivity index (χ2n) is 3.13. The van der Waals surface area contributed by atoms with E-state index >= 15 is 0 Å². The van der Waals surface area contributed by atoms with Gasteiger partial charge in [0.1, 0.15) is 12.8 Å². The molecule has 1 rings (SSSR count). The number of nitrogens with zero attached hydrogens (tertiary/aromatic N) is 1. The maximum Gasteiger partial charge on any atom is 0.142 e. The lowest BCUT2D eigenvalue weighted by Crippen LogP contribution is -1.90. The Morgan fingerprint density at radius 2 is 2.00 bits per heavy atom. The molecule has 0 bridgehead atoms. The number of hydrogen-bond donors (Lipinski definition) is 0. The molecule has 1 aromatic carbocycles. The summed E-state index contributed by atoms with van der Waals surface area (Å²) in [6, 6.07) is 9.95. The van der Waals surface area contributed by atoms with Crippen molar-refractivity contribution in [2.45, 2.75) is 20.5 Å². The fourth-order valence-corrected chi connectivity index (χ4v) is 0.824. The first-order valence-electron chi connectivity index (χ1n) is 4.40. The van der Waals surface area contributed by atoms with E-state index in [0.717, 1.165) is 5.56 Å². The van der Waals surface area contributed by atoms with Gasteiger partial charge < -0.3 is 4.84 Å². The van der Waals surface area contributed by atoms with Gasteiger partial charge in [-0.1, -0.05) is 49.3 Å². The fourth-order valence-electron chi connectivity index (χ4n) is 0.824. The lowest BCUT2D eigenvalue weighted by molar-refractivity contribution is 0.131. The first kappa shape index (κ1) is 9.78. The van der Waals surface area contributed by atoms with Crippen LogP contribution in [0.2, 0.25) is 0 Å². The van der Waals surface area contributed by atoms with Crippen LogP contribution >= 0.6 is 0 Å². The minimum atomic E-state index is 0.316. The van der Waals surface area contributed by atoms with Crippen molar-refractivity contribution < 1.29 is 4.84 Å². The lowest BCUT2D eigenvalue weighted by Gasteiger charge is -1.98. The van der Waals surface area contributed by atoms with Gasteiger partial charge in [-0.2, -0.15) is 0 Å². The van der Waals surface area contributed by atoms with E-state index in [1.807, 2.05) is 44.2 Å². The topological polar surface area (TPSA) is 21.6 Å². The third-order valence-corrected chi connectivity index (χ3v) is 1.45. The highest BCUT2D eigenvalue weighted by molar-refractivity contribution is 5.58. The Balaban J connectivity index is 2.28. The van der Waals surface area contributed by atoms with Crippen LogP contribution in [0.1, 0.15) is 19.4 Å². The number of benzene rings is 1. The predicted octanol–water partition coefficient (Wildman–Crippen LogP) is 2.72. The van der Waals surface area contributed by atoms with E-state index in [1.165, 1.54) is 0 Å². The molecule has 0 unspecified atom stereocenters. The molecule has 0 heterocycles. The molecule has 69 valence electrons. The van der Waals surface area contributed by atoms with Crippen molar-refractivity contribution in [3.63, 3.8) is 0 Å². The lowest BCUT2D eigenvalue weighted by atomic mass is 10.2. The van der Waals surface area contributed by atoms with Crippen LogP contribution < -0.4 is 0 Å². The molecule has 0 saturated heterocycles. The minimum absolute atomic E-state index is 0.316. The van der Waals surface area contributed by atoms with E-state index in [9.17, 15) is 0 Å². The Hall–Kier alpha value is -1.31. The summed E-state index contributed by atoms with van der Waals surface area (Å²) >= 11 is 0. The van der Waals surface area contributed by atoms with Gasteiger partial charge in [0.2, 0.25) is 0 Å². The van der Waals surface area contributed by atoms with Crippen molar-refractivity contribution in [1.82, 2.24) is 0 Å². The van der Waals surface area contributed by atoms with Crippen LogP contribution in [-0.4, -0.2) is 6.21 Å². The fraction of sp³-hybridized carbons (Fsp3) is 0.364. The van der Waals surface area contributed by atoms with Crippen LogP contribution in [0, 0.1) is 5.92 Å². The Morgan fingerprint density at radius 3 is 2.62 bits per heavy atom. The Morgan fingerprint density at radius 1 is 1.31 bits per heavy atom. The molecular formula is C11H14NO. The van der Waals surface area contributed by atoms with Crippen molar-refractivity contribution in [2.24, 2.45) is 11.1 Å². The van der Waals surface area contributed by atoms with Crippen LogP contribution in [0.5, 0.6) is 0 Å². The zero-order valence-corrected chi connectivity index (χ0v) is 8.03. The van der Waals surface area contributed by atoms with Crippen molar-refractivity contribution in [3.05, 3.63) is 35.9 Å². The summed E-state index contributed by atoms with van der Waals surface area (Å²) < 4.78 is 0. The highest BCUT2D eigenvalue weighted by Crippen LogP contribution is 2.00. The van der Waals surface area contributed by atoms with E-state index in [0.29, 0.717) is 12.5 Å². The summed E-state index contributed by atoms with van der Waals surface area (Å²) in [5.41, 5.74) is 1.12. The standard InChI is InChI=1S/C11H14NO/c1-10(2)8-12-13-9-11-6-4-3-5-7-11/h3-7,10H,9H2,1-2H3. The van der Waals surface area contributed by atoms with Crippen molar-refractivity contribution >= 4 is 6.21 Å². The maximum absolute atomic E-state index is 5.04. The second kappa shape index (κ2) is 5.36. The van der Waals surface area contributed by atoms with Gasteiger partial charge in [-0.05, 0) is 5.56 Å². The maximum atomic E-state index is 5.04. The SMILES string of the molecule is CC(C)/[C]=N\OCc1ccccc1. The molecular weight excluding hydrogens is 162 g/mol. The van der Waals surface area contributed by atoms with Crippen LogP contribution in [0.3, 0.4) is 0 Å². The largest absolute Gasteiger partial charge is 0.391 e. The molecule has 0 N–H and O–H groups in total. The van der Waals surface area contributed by atoms with E-state index in [-0.39, 0.29) is 0 Å². The molecule has 13 heavy (non-hydrogen) atoms. The van der Waals surface area contributed by atoms with Crippen LogP contribution in [0.15, 0.2) is 35.5 Å². The molecule has 0 atom stereocenters. The predicted molar refractivity (Wildman–Crippen MR) is 53.5 cm³/mol. The summed E-state index contributed by atoms with van der Waals surface area (Å²) in [6.45, 7) is 4.53. The first-order valence-corrected chi connectivity index (χ1v) is 4.40. The number of rotatable bonds is 4. The quantitative estimate of drug-likeness (QED) is 0.510. The van der Waals surface area contributed by atoms with Gasteiger partial charge in [0.25, 0.3) is 0 Å². The zero-order chi connectivity index (χ0) is 9.52. The highest BCUT2D eigenvalue weighted by atomic mass is 16.6. The molecule has 0 amide bonds. The Bertz CT molecular complexity index is 254. The second-order valence-corrected chi connectivity index (χ2v) is 3.13. The first-order chi connectivity index (χ1) is 6.29. The summed E-state index contributed by atoms with van der Waals surface area (Å²) in [4.78, 5) is 5.04. The summed E-state index contributed by atoms with van der Waals surface area (Å²) in [6.07, 6.45) is 2.82. The Labute approximate surface area is 79.2 Å². The van der Waals surface area contributed by atoms with Crippen LogP contribution in [0.25, 0.3) is 0 Å². The molecule has 0 aliphatic carbocycles. The van der Waals surface area contributed by atoms with Crippen LogP contribution in [0.4, 0.5) is 0 Å². The van der Waals surface area contributed by atoms with Gasteiger partial charge in [0.15, 0.2) is 0 Å². The molecule has 0 aromatic heterocycles. The molecule has 1 radical (unpaired) electrons. The van der Waals surface area contributed by atoms with E-state index < -0.39 is 0 Å². The van der Waals surface area contributed by atoms with Gasteiger partial charge in [0.05, 0.1) is 0 Å². The zero-order valence-electron chi connectivity index (χ0n) is 8.03. The smallest absolute Gasteiger partial charge is 0.142 e. The van der Waals surface area contributed by atoms with Gasteiger partial charge in [0, 0.05) is 5.92 Å². The van der Waals surface area contributed by atoms with E-state index in [4.69, 9.17) is 4.84 Å². The molecule has 0 fully saturated rings. The van der Waals surface area contributed by atoms with E-state index in [2.05, 4.69) is 11.4 Å². The Kier molecular flexibility index (Phi) is 4.03. The molecule has 2 nitrogen and oxygen atoms in total. The molecule has 1 aromatic rings. The van der Waals surface area contributed by atoms with E-state index in [1.54, 1.807) is 0 Å². The normalized spacial score (nSPS) is 11.0. The molecule has 0 saturated carbocycles. The van der Waals surface area contributed by atoms with Gasteiger partial charge in [-0.15, -0.1) is 0 Å². The molecule has 2 heteroatoms.